The monoisotopic (exact) mass is 168 g/mol. The van der Waals surface area contributed by atoms with Gasteiger partial charge in [-0.05, 0) is 25.8 Å². The molecule has 1 unspecified atom stereocenters. The van der Waals surface area contributed by atoms with E-state index in [9.17, 15) is 4.79 Å². The zero-order valence-electron chi connectivity index (χ0n) is 7.38. The molecule has 0 saturated carbocycles. The lowest BCUT2D eigenvalue weighted by atomic mass is 10.0. The van der Waals surface area contributed by atoms with E-state index in [1.807, 2.05) is 4.90 Å². The highest BCUT2D eigenvalue weighted by Gasteiger charge is 2.24. The number of likely N-dealkylation sites (tertiary alicyclic amines) is 1. The quantitative estimate of drug-likeness (QED) is 0.645. The Bertz CT molecular complexity index is 171. The van der Waals surface area contributed by atoms with Crippen molar-refractivity contribution in [2.75, 3.05) is 19.6 Å². The largest absolute Gasteiger partial charge is 0.343 e. The van der Waals surface area contributed by atoms with Crippen LogP contribution in [0.2, 0.25) is 0 Å². The zero-order chi connectivity index (χ0) is 8.39. The molecule has 3 heteroatoms. The molecule has 1 amide bonds. The van der Waals surface area contributed by atoms with Crippen LogP contribution in [0.4, 0.5) is 0 Å². The van der Waals surface area contributed by atoms with Gasteiger partial charge in [0.1, 0.15) is 0 Å². The van der Waals surface area contributed by atoms with E-state index in [4.69, 9.17) is 0 Å². The molecule has 1 atom stereocenters. The van der Waals surface area contributed by atoms with Gasteiger partial charge in [-0.1, -0.05) is 0 Å². The van der Waals surface area contributed by atoms with Crippen molar-refractivity contribution < 1.29 is 4.79 Å². The molecular weight excluding hydrogens is 152 g/mol. The summed E-state index contributed by atoms with van der Waals surface area (Å²) in [4.78, 5) is 13.5. The maximum Gasteiger partial charge on any atom is 0.224 e. The summed E-state index contributed by atoms with van der Waals surface area (Å²) in [5.41, 5.74) is 0. The van der Waals surface area contributed by atoms with Crippen molar-refractivity contribution in [3.05, 3.63) is 0 Å². The summed E-state index contributed by atoms with van der Waals surface area (Å²) in [5.74, 6) is 0.352. The Morgan fingerprint density at radius 2 is 2.08 bits per heavy atom. The molecule has 12 heavy (non-hydrogen) atoms. The molecule has 0 aromatic carbocycles. The predicted molar refractivity (Wildman–Crippen MR) is 46.8 cm³/mol. The van der Waals surface area contributed by atoms with E-state index < -0.39 is 0 Å². The van der Waals surface area contributed by atoms with Crippen LogP contribution in [-0.2, 0) is 4.79 Å². The fraction of sp³-hybridized carbons (Fsp3) is 0.889. The molecule has 3 nitrogen and oxygen atoms in total. The number of carbonyl (C=O) groups excluding carboxylic acids is 1. The molecule has 0 bridgehead atoms. The van der Waals surface area contributed by atoms with Crippen molar-refractivity contribution in [3.8, 4) is 0 Å². The second kappa shape index (κ2) is 3.44. The molecule has 2 aliphatic rings. The topological polar surface area (TPSA) is 32.3 Å². The van der Waals surface area contributed by atoms with E-state index in [1.54, 1.807) is 0 Å². The fourth-order valence-corrected chi connectivity index (χ4v) is 1.83. The molecule has 0 aromatic heterocycles. The van der Waals surface area contributed by atoms with Crippen molar-refractivity contribution in [1.82, 2.24) is 10.2 Å². The number of rotatable bonds is 2. The summed E-state index contributed by atoms with van der Waals surface area (Å²) >= 11 is 0. The molecular formula is C9H16N2O. The minimum atomic E-state index is 0.352. The maximum absolute atomic E-state index is 11.5. The van der Waals surface area contributed by atoms with E-state index in [2.05, 4.69) is 5.32 Å². The summed E-state index contributed by atoms with van der Waals surface area (Å²) in [5, 5.41) is 3.25. The van der Waals surface area contributed by atoms with Gasteiger partial charge in [0.2, 0.25) is 5.91 Å². The van der Waals surface area contributed by atoms with E-state index in [-0.39, 0.29) is 0 Å². The molecule has 0 aliphatic carbocycles. The van der Waals surface area contributed by atoms with E-state index in [0.717, 1.165) is 26.1 Å². The third-order valence-electron chi connectivity index (χ3n) is 2.81. The normalized spacial score (nSPS) is 28.7. The van der Waals surface area contributed by atoms with Crippen LogP contribution in [0, 0.1) is 0 Å². The van der Waals surface area contributed by atoms with Gasteiger partial charge in [0.15, 0.2) is 0 Å². The molecule has 2 rings (SSSR count). The van der Waals surface area contributed by atoms with Gasteiger partial charge >= 0.3 is 0 Å². The van der Waals surface area contributed by atoms with Crippen molar-refractivity contribution in [2.45, 2.75) is 31.7 Å². The Labute approximate surface area is 73.1 Å². The highest BCUT2D eigenvalue weighted by molar-refractivity contribution is 5.77. The highest BCUT2D eigenvalue weighted by Crippen LogP contribution is 2.13. The van der Waals surface area contributed by atoms with Crippen LogP contribution in [0.1, 0.15) is 25.7 Å². The summed E-state index contributed by atoms with van der Waals surface area (Å²) in [6.07, 6.45) is 4.30. The predicted octanol–water partition coefficient (Wildman–Crippen LogP) is 0.361. The third kappa shape index (κ3) is 1.61. The summed E-state index contributed by atoms with van der Waals surface area (Å²) in [6, 6.07) is 0.484. The average molecular weight is 168 g/mol. The second-order valence-electron chi connectivity index (χ2n) is 3.73. The lowest BCUT2D eigenvalue weighted by Crippen LogP contribution is -2.46. The van der Waals surface area contributed by atoms with Gasteiger partial charge in [-0.2, -0.15) is 0 Å². The molecule has 68 valence electrons. The fourth-order valence-electron chi connectivity index (χ4n) is 1.83. The Hall–Kier alpha value is -0.570. The molecule has 2 heterocycles. The van der Waals surface area contributed by atoms with Crippen molar-refractivity contribution >= 4 is 5.91 Å². The number of nitrogens with zero attached hydrogens (tertiary/aromatic N) is 1. The SMILES string of the molecule is O=C(CC1CCN1)N1CCCC1. The van der Waals surface area contributed by atoms with Gasteiger partial charge in [-0.15, -0.1) is 0 Å². The minimum Gasteiger partial charge on any atom is -0.343 e. The minimum absolute atomic E-state index is 0.352. The lowest BCUT2D eigenvalue weighted by molar-refractivity contribution is -0.131. The second-order valence-corrected chi connectivity index (χ2v) is 3.73. The van der Waals surface area contributed by atoms with Gasteiger partial charge < -0.3 is 10.2 Å². The Balaban J connectivity index is 1.74. The van der Waals surface area contributed by atoms with Gasteiger partial charge in [0.05, 0.1) is 0 Å². The van der Waals surface area contributed by atoms with Gasteiger partial charge in [0.25, 0.3) is 0 Å². The van der Waals surface area contributed by atoms with E-state index in [0.29, 0.717) is 11.9 Å². The first kappa shape index (κ1) is 8.05. The number of hydrogen-bond donors (Lipinski definition) is 1. The zero-order valence-corrected chi connectivity index (χ0v) is 7.38. The molecule has 1 N–H and O–H groups in total. The molecule has 0 radical (unpaired) electrons. The standard InChI is InChI=1S/C9H16N2O/c12-9(7-8-3-4-10-8)11-5-1-2-6-11/h8,10H,1-7H2. The lowest BCUT2D eigenvalue weighted by Gasteiger charge is -2.28. The van der Waals surface area contributed by atoms with Crippen LogP contribution in [0.15, 0.2) is 0 Å². The van der Waals surface area contributed by atoms with Crippen LogP contribution in [0.25, 0.3) is 0 Å². The van der Waals surface area contributed by atoms with E-state index in [1.165, 1.54) is 19.3 Å². The van der Waals surface area contributed by atoms with Gasteiger partial charge in [-0.25, -0.2) is 0 Å². The molecule has 0 spiro atoms. The maximum atomic E-state index is 11.5. The van der Waals surface area contributed by atoms with Gasteiger partial charge in [-0.3, -0.25) is 4.79 Å². The number of nitrogens with one attached hydrogen (secondary N) is 1. The highest BCUT2D eigenvalue weighted by atomic mass is 16.2. The van der Waals surface area contributed by atoms with Crippen molar-refractivity contribution in [2.24, 2.45) is 0 Å². The third-order valence-corrected chi connectivity index (χ3v) is 2.81. The first-order valence-corrected chi connectivity index (χ1v) is 4.87. The Morgan fingerprint density at radius 3 is 2.58 bits per heavy atom. The number of carbonyl (C=O) groups is 1. The van der Waals surface area contributed by atoms with Gasteiger partial charge in [0, 0.05) is 25.6 Å². The number of hydrogen-bond acceptors (Lipinski definition) is 2. The van der Waals surface area contributed by atoms with E-state index >= 15 is 0 Å². The number of amides is 1. The van der Waals surface area contributed by atoms with Crippen LogP contribution >= 0.6 is 0 Å². The summed E-state index contributed by atoms with van der Waals surface area (Å²) in [7, 11) is 0. The first-order valence-electron chi connectivity index (χ1n) is 4.87. The van der Waals surface area contributed by atoms with Crippen LogP contribution in [0.5, 0.6) is 0 Å². The Kier molecular flexibility index (Phi) is 2.30. The molecule has 2 saturated heterocycles. The van der Waals surface area contributed by atoms with Crippen molar-refractivity contribution in [1.29, 1.82) is 0 Å². The summed E-state index contributed by atoms with van der Waals surface area (Å²) in [6.45, 7) is 3.08. The smallest absolute Gasteiger partial charge is 0.224 e. The first-order chi connectivity index (χ1) is 5.86. The van der Waals surface area contributed by atoms with Crippen LogP contribution in [0.3, 0.4) is 0 Å². The van der Waals surface area contributed by atoms with Crippen LogP contribution in [-0.4, -0.2) is 36.5 Å². The molecule has 2 fully saturated rings. The average Bonchev–Trinajstić information content (AvgIpc) is 2.47. The molecule has 2 aliphatic heterocycles. The Morgan fingerprint density at radius 1 is 1.42 bits per heavy atom. The molecule has 0 aromatic rings. The van der Waals surface area contributed by atoms with Crippen molar-refractivity contribution in [3.63, 3.8) is 0 Å². The summed E-state index contributed by atoms with van der Waals surface area (Å²) < 4.78 is 0. The van der Waals surface area contributed by atoms with Crippen LogP contribution < -0.4 is 5.32 Å².